The lowest BCUT2D eigenvalue weighted by Gasteiger charge is -2.32. The van der Waals surface area contributed by atoms with Crippen LogP contribution in [-0.2, 0) is 17.9 Å². The maximum atomic E-state index is 11.5. The Morgan fingerprint density at radius 1 is 1.00 bits per heavy atom. The lowest BCUT2D eigenvalue weighted by Crippen LogP contribution is -2.43. The number of carboxylic acid groups (broad SMARTS) is 1. The highest BCUT2D eigenvalue weighted by Crippen LogP contribution is 2.31. The fourth-order valence-electron chi connectivity index (χ4n) is 4.08. The van der Waals surface area contributed by atoms with Gasteiger partial charge >= 0.3 is 5.97 Å². The lowest BCUT2D eigenvalue weighted by molar-refractivity contribution is -0.144. The zero-order valence-electron chi connectivity index (χ0n) is 17.3. The highest BCUT2D eigenvalue weighted by Gasteiger charge is 2.28. The Balaban J connectivity index is 1.39. The summed E-state index contributed by atoms with van der Waals surface area (Å²) in [5, 5.41) is 9.46. The number of halogens is 1. The summed E-state index contributed by atoms with van der Waals surface area (Å²) < 4.78 is 7.07. The molecule has 1 N–H and O–H groups in total. The molecule has 0 bridgehead atoms. The summed E-state index contributed by atoms with van der Waals surface area (Å²) in [6.45, 7) is 1.96. The number of hydrogen-bond acceptors (Lipinski definition) is 3. The van der Waals surface area contributed by atoms with Gasteiger partial charge in [-0.2, -0.15) is 0 Å². The molecule has 0 unspecified atom stereocenters. The first-order valence-corrected chi connectivity index (χ1v) is 11.4. The second kappa shape index (κ2) is 10.1. The average Bonchev–Trinajstić information content (AvgIpc) is 2.80. The smallest absolute Gasteiger partial charge is 0.320 e. The molecule has 4 rings (SSSR count). The molecule has 1 heterocycles. The second-order valence-electron chi connectivity index (χ2n) is 7.90. The number of piperidine rings is 1. The van der Waals surface area contributed by atoms with Crippen LogP contribution >= 0.6 is 15.9 Å². The largest absolute Gasteiger partial charge is 0.489 e. The maximum absolute atomic E-state index is 11.5. The third kappa shape index (κ3) is 5.35. The number of carboxylic acids is 1. The summed E-state index contributed by atoms with van der Waals surface area (Å²) in [5.41, 5.74) is 4.50. The van der Waals surface area contributed by atoms with Gasteiger partial charge in [0.1, 0.15) is 18.4 Å². The Labute approximate surface area is 191 Å². The van der Waals surface area contributed by atoms with Crippen LogP contribution in [0, 0.1) is 0 Å². The predicted octanol–water partition coefficient (Wildman–Crippen LogP) is 6.13. The van der Waals surface area contributed by atoms with E-state index in [0.29, 0.717) is 13.2 Å². The molecule has 1 aliphatic rings. The molecule has 1 fully saturated rings. The van der Waals surface area contributed by atoms with Crippen molar-refractivity contribution < 1.29 is 14.6 Å². The van der Waals surface area contributed by atoms with Gasteiger partial charge in [0.25, 0.3) is 0 Å². The minimum atomic E-state index is -0.719. The van der Waals surface area contributed by atoms with Gasteiger partial charge in [-0.3, -0.25) is 9.69 Å². The molecule has 4 nitrogen and oxygen atoms in total. The van der Waals surface area contributed by atoms with Crippen molar-refractivity contribution in [2.75, 3.05) is 6.54 Å². The molecule has 0 radical (unpaired) electrons. The van der Waals surface area contributed by atoms with Crippen LogP contribution in [0.2, 0.25) is 0 Å². The third-order valence-electron chi connectivity index (χ3n) is 5.77. The van der Waals surface area contributed by atoms with E-state index in [4.69, 9.17) is 4.74 Å². The summed E-state index contributed by atoms with van der Waals surface area (Å²) in [6.07, 6.45) is 2.77. The molecule has 0 aliphatic carbocycles. The number of ether oxygens (including phenoxy) is 1. The van der Waals surface area contributed by atoms with Gasteiger partial charge in [0.05, 0.1) is 0 Å². The first-order valence-electron chi connectivity index (χ1n) is 10.6. The molecule has 1 aliphatic heterocycles. The highest BCUT2D eigenvalue weighted by atomic mass is 79.9. The summed E-state index contributed by atoms with van der Waals surface area (Å²) in [4.78, 5) is 13.6. The summed E-state index contributed by atoms with van der Waals surface area (Å²) in [7, 11) is 0. The van der Waals surface area contributed by atoms with Gasteiger partial charge in [0.15, 0.2) is 0 Å². The number of likely N-dealkylation sites (tertiary alicyclic amines) is 1. The lowest BCUT2D eigenvalue weighted by atomic mass is 10.0. The van der Waals surface area contributed by atoms with Gasteiger partial charge in [-0.25, -0.2) is 0 Å². The second-order valence-corrected chi connectivity index (χ2v) is 8.69. The molecule has 3 aromatic carbocycles. The Morgan fingerprint density at radius 3 is 2.52 bits per heavy atom. The van der Waals surface area contributed by atoms with E-state index in [9.17, 15) is 9.90 Å². The number of carbonyl (C=O) groups is 1. The molecule has 0 saturated carbocycles. The molecule has 1 atom stereocenters. The van der Waals surface area contributed by atoms with Crippen molar-refractivity contribution in [2.24, 2.45) is 0 Å². The van der Waals surface area contributed by atoms with Crippen LogP contribution in [0.1, 0.15) is 30.4 Å². The van der Waals surface area contributed by atoms with Crippen LogP contribution in [0.25, 0.3) is 11.1 Å². The molecule has 0 aromatic heterocycles. The Bertz CT molecular complexity index is 1020. The van der Waals surface area contributed by atoms with Crippen LogP contribution in [0.4, 0.5) is 0 Å². The Morgan fingerprint density at radius 2 is 1.77 bits per heavy atom. The van der Waals surface area contributed by atoms with E-state index < -0.39 is 5.97 Å². The Kier molecular flexibility index (Phi) is 7.05. The zero-order chi connectivity index (χ0) is 21.6. The minimum Gasteiger partial charge on any atom is -0.489 e. The number of benzene rings is 3. The fourth-order valence-corrected chi connectivity index (χ4v) is 4.69. The molecule has 1 saturated heterocycles. The molecule has 3 aromatic rings. The fraction of sp³-hybridized carbons (Fsp3) is 0.269. The Hall–Kier alpha value is -2.63. The van der Waals surface area contributed by atoms with E-state index in [0.717, 1.165) is 58.3 Å². The van der Waals surface area contributed by atoms with Crippen LogP contribution in [0.5, 0.6) is 5.75 Å². The summed E-state index contributed by atoms with van der Waals surface area (Å²) in [6, 6.07) is 24.1. The zero-order valence-corrected chi connectivity index (χ0v) is 18.9. The van der Waals surface area contributed by atoms with Crippen molar-refractivity contribution >= 4 is 21.9 Å². The van der Waals surface area contributed by atoms with Crippen LogP contribution < -0.4 is 4.74 Å². The molecular formula is C26H26BrNO3. The summed E-state index contributed by atoms with van der Waals surface area (Å²) >= 11 is 3.74. The van der Waals surface area contributed by atoms with E-state index in [1.807, 2.05) is 48.5 Å². The minimum absolute atomic E-state index is 0.376. The quantitative estimate of drug-likeness (QED) is 0.442. The van der Waals surface area contributed by atoms with Crippen LogP contribution in [0.3, 0.4) is 0 Å². The first-order chi connectivity index (χ1) is 15.1. The van der Waals surface area contributed by atoms with E-state index in [1.54, 1.807) is 0 Å². The number of aliphatic carboxylic acids is 1. The maximum Gasteiger partial charge on any atom is 0.320 e. The van der Waals surface area contributed by atoms with Gasteiger partial charge in [0.2, 0.25) is 0 Å². The monoisotopic (exact) mass is 479 g/mol. The van der Waals surface area contributed by atoms with Crippen molar-refractivity contribution in [3.8, 4) is 16.9 Å². The van der Waals surface area contributed by atoms with Crippen molar-refractivity contribution in [3.63, 3.8) is 0 Å². The standard InChI is InChI=1S/C26H26BrNO3/c27-25-21(9-6-10-23(25)20-7-2-1-3-8-20)18-31-22-14-12-19(13-15-22)17-28-16-5-4-11-24(28)26(29)30/h1-3,6-10,12-15,24H,4-5,11,16-18H2,(H,29,30)/t24-/m0/s1. The van der Waals surface area contributed by atoms with E-state index in [1.165, 1.54) is 0 Å². The van der Waals surface area contributed by atoms with Gasteiger partial charge in [0, 0.05) is 16.6 Å². The van der Waals surface area contributed by atoms with E-state index in [-0.39, 0.29) is 6.04 Å². The molecule has 5 heteroatoms. The average molecular weight is 480 g/mol. The first kappa shape index (κ1) is 21.6. The van der Waals surface area contributed by atoms with Crippen molar-refractivity contribution in [1.29, 1.82) is 0 Å². The SMILES string of the molecule is O=C(O)[C@@H]1CCCCN1Cc1ccc(OCc2cccc(-c3ccccc3)c2Br)cc1. The van der Waals surface area contributed by atoms with Crippen LogP contribution in [-0.4, -0.2) is 28.6 Å². The van der Waals surface area contributed by atoms with Crippen molar-refractivity contribution in [1.82, 2.24) is 4.90 Å². The van der Waals surface area contributed by atoms with E-state index in [2.05, 4.69) is 45.1 Å². The summed E-state index contributed by atoms with van der Waals surface area (Å²) in [5.74, 6) is 0.0807. The number of hydrogen-bond donors (Lipinski definition) is 1. The molecule has 31 heavy (non-hydrogen) atoms. The van der Waals surface area contributed by atoms with Gasteiger partial charge < -0.3 is 9.84 Å². The highest BCUT2D eigenvalue weighted by molar-refractivity contribution is 9.10. The van der Waals surface area contributed by atoms with Crippen LogP contribution in [0.15, 0.2) is 77.3 Å². The normalized spacial score (nSPS) is 16.7. The predicted molar refractivity (Wildman–Crippen MR) is 126 cm³/mol. The van der Waals surface area contributed by atoms with Gasteiger partial charge in [-0.05, 0) is 64.1 Å². The number of rotatable bonds is 7. The van der Waals surface area contributed by atoms with Gasteiger partial charge in [-0.1, -0.05) is 67.1 Å². The molecule has 160 valence electrons. The molecule has 0 spiro atoms. The van der Waals surface area contributed by atoms with Gasteiger partial charge in [-0.15, -0.1) is 0 Å². The topological polar surface area (TPSA) is 49.8 Å². The third-order valence-corrected chi connectivity index (χ3v) is 6.70. The van der Waals surface area contributed by atoms with Crippen molar-refractivity contribution in [2.45, 2.75) is 38.5 Å². The van der Waals surface area contributed by atoms with Crippen molar-refractivity contribution in [3.05, 3.63) is 88.4 Å². The number of nitrogens with zero attached hydrogens (tertiary/aromatic N) is 1. The molecule has 0 amide bonds. The van der Waals surface area contributed by atoms with E-state index >= 15 is 0 Å². The molecular weight excluding hydrogens is 454 g/mol.